The molecule has 0 aliphatic carbocycles. The minimum atomic E-state index is -2.56. The quantitative estimate of drug-likeness (QED) is 0.894. The lowest BCUT2D eigenvalue weighted by atomic mass is 10.3. The summed E-state index contributed by atoms with van der Waals surface area (Å²) in [7, 11) is 0. The maximum Gasteiger partial charge on any atom is 0.272 e. The van der Waals surface area contributed by atoms with Gasteiger partial charge in [0.1, 0.15) is 11.5 Å². The van der Waals surface area contributed by atoms with Gasteiger partial charge >= 0.3 is 0 Å². The molecule has 7 heteroatoms. The second-order valence-corrected chi connectivity index (χ2v) is 4.87. The zero-order valence-corrected chi connectivity index (χ0v) is 11.7. The average molecular weight is 347 g/mol. The average Bonchev–Trinajstić information content (AvgIpc) is 2.81. The van der Waals surface area contributed by atoms with Crippen LogP contribution in [0.25, 0.3) is 0 Å². The molecule has 0 aliphatic heterocycles. The van der Waals surface area contributed by atoms with E-state index in [1.54, 1.807) is 0 Å². The largest absolute Gasteiger partial charge is 0.338 e. The molecule has 0 bridgehead atoms. The molecule has 0 unspecified atom stereocenters. The van der Waals surface area contributed by atoms with Gasteiger partial charge in [-0.3, -0.25) is 4.79 Å². The van der Waals surface area contributed by atoms with E-state index in [1.807, 2.05) is 0 Å². The van der Waals surface area contributed by atoms with Crippen molar-refractivity contribution in [3.05, 3.63) is 52.5 Å². The van der Waals surface area contributed by atoms with Crippen molar-refractivity contribution in [3.63, 3.8) is 0 Å². The summed E-state index contributed by atoms with van der Waals surface area (Å²) in [5.74, 6) is -1.09. The van der Waals surface area contributed by atoms with Crippen LogP contribution in [0.4, 0.5) is 18.9 Å². The van der Waals surface area contributed by atoms with Crippen LogP contribution in [0.5, 0.6) is 0 Å². The molecule has 0 fully saturated rings. The van der Waals surface area contributed by atoms with Crippen LogP contribution in [0.3, 0.4) is 0 Å². The molecule has 20 heavy (non-hydrogen) atoms. The number of hydrogen-bond acceptors (Lipinski definition) is 1. The lowest BCUT2D eigenvalue weighted by molar-refractivity contribution is 0.0997. The Balaban J connectivity index is 2.20. The monoisotopic (exact) mass is 346 g/mol. The van der Waals surface area contributed by atoms with Crippen LogP contribution in [-0.4, -0.2) is 16.9 Å². The van der Waals surface area contributed by atoms with Crippen LogP contribution >= 0.6 is 15.9 Å². The van der Waals surface area contributed by atoms with Gasteiger partial charge in [0.2, 0.25) is 0 Å². The zero-order chi connectivity index (χ0) is 14.7. The molecule has 3 nitrogen and oxygen atoms in total. The number of nitrogens with zero attached hydrogens (tertiary/aromatic N) is 1. The predicted octanol–water partition coefficient (Wildman–Crippen LogP) is 3.91. The number of benzene rings is 1. The topological polar surface area (TPSA) is 34.0 Å². The van der Waals surface area contributed by atoms with E-state index >= 15 is 0 Å². The van der Waals surface area contributed by atoms with Crippen molar-refractivity contribution in [1.29, 1.82) is 0 Å². The van der Waals surface area contributed by atoms with Gasteiger partial charge in [-0.2, -0.15) is 0 Å². The van der Waals surface area contributed by atoms with Crippen molar-refractivity contribution in [2.24, 2.45) is 0 Å². The van der Waals surface area contributed by atoms with Crippen molar-refractivity contribution < 1.29 is 18.0 Å². The van der Waals surface area contributed by atoms with Crippen molar-refractivity contribution >= 4 is 27.5 Å². The summed E-state index contributed by atoms with van der Waals surface area (Å²) >= 11 is 3.17. The second-order valence-electron chi connectivity index (χ2n) is 4.02. The molecular formula is C13H10BrF3N2O. The molecule has 0 spiro atoms. The number of hydrogen-bond donors (Lipinski definition) is 1. The standard InChI is InChI=1S/C13H10BrF3N2O/c14-9-4-3-8(15)6-10(9)18-13(20)11-2-1-5-19(11)7-12(16)17/h1-6,12H,7H2,(H,18,20). The molecule has 2 aromatic rings. The molecule has 0 atom stereocenters. The molecule has 2 rings (SSSR count). The number of rotatable bonds is 4. The smallest absolute Gasteiger partial charge is 0.272 e. The Morgan fingerprint density at radius 1 is 1.35 bits per heavy atom. The Labute approximate surface area is 121 Å². The SMILES string of the molecule is O=C(Nc1cc(F)ccc1Br)c1cccn1CC(F)F. The molecule has 0 saturated heterocycles. The molecular weight excluding hydrogens is 337 g/mol. The van der Waals surface area contributed by atoms with Crippen LogP contribution in [0, 0.1) is 5.82 Å². The summed E-state index contributed by atoms with van der Waals surface area (Å²) in [5.41, 5.74) is 0.321. The van der Waals surface area contributed by atoms with Gasteiger partial charge in [0.05, 0.1) is 12.2 Å². The molecule has 1 N–H and O–H groups in total. The van der Waals surface area contributed by atoms with E-state index in [1.165, 1.54) is 30.5 Å². The van der Waals surface area contributed by atoms with Crippen LogP contribution in [0.1, 0.15) is 10.5 Å². The number of amides is 1. The minimum absolute atomic E-state index is 0.0847. The molecule has 1 aromatic heterocycles. The first-order valence-corrected chi connectivity index (χ1v) is 6.46. The van der Waals surface area contributed by atoms with Crippen LogP contribution < -0.4 is 5.32 Å². The van der Waals surface area contributed by atoms with E-state index < -0.39 is 24.7 Å². The fourth-order valence-corrected chi connectivity index (χ4v) is 2.05. The number of carbonyl (C=O) groups excluding carboxylic acids is 1. The number of nitrogens with one attached hydrogen (secondary N) is 1. The zero-order valence-electron chi connectivity index (χ0n) is 10.1. The van der Waals surface area contributed by atoms with E-state index in [2.05, 4.69) is 21.2 Å². The van der Waals surface area contributed by atoms with Crippen molar-refractivity contribution in [2.45, 2.75) is 13.0 Å². The third-order valence-electron chi connectivity index (χ3n) is 2.57. The highest BCUT2D eigenvalue weighted by atomic mass is 79.9. The number of carbonyl (C=O) groups is 1. The highest BCUT2D eigenvalue weighted by Crippen LogP contribution is 2.23. The number of halogens is 4. The van der Waals surface area contributed by atoms with Gasteiger partial charge in [0.15, 0.2) is 0 Å². The molecule has 1 aromatic carbocycles. The third-order valence-corrected chi connectivity index (χ3v) is 3.26. The predicted molar refractivity (Wildman–Crippen MR) is 72.5 cm³/mol. The summed E-state index contributed by atoms with van der Waals surface area (Å²) in [6, 6.07) is 6.74. The summed E-state index contributed by atoms with van der Waals surface area (Å²) in [6.07, 6.45) is -1.17. The van der Waals surface area contributed by atoms with Gasteiger partial charge in [-0.15, -0.1) is 0 Å². The van der Waals surface area contributed by atoms with Gasteiger partial charge in [0.25, 0.3) is 12.3 Å². The Morgan fingerprint density at radius 2 is 2.10 bits per heavy atom. The molecule has 1 heterocycles. The molecule has 106 valence electrons. The van der Waals surface area contributed by atoms with Crippen LogP contribution in [-0.2, 0) is 6.54 Å². The van der Waals surface area contributed by atoms with Crippen LogP contribution in [0.15, 0.2) is 41.0 Å². The maximum absolute atomic E-state index is 13.1. The number of anilines is 1. The first kappa shape index (κ1) is 14.6. The van der Waals surface area contributed by atoms with E-state index in [4.69, 9.17) is 0 Å². The first-order valence-electron chi connectivity index (χ1n) is 5.67. The van der Waals surface area contributed by atoms with E-state index in [0.29, 0.717) is 4.47 Å². The Kier molecular flexibility index (Phi) is 4.49. The summed E-state index contributed by atoms with van der Waals surface area (Å²) in [4.78, 5) is 12.0. The van der Waals surface area contributed by atoms with Gasteiger partial charge in [-0.1, -0.05) is 0 Å². The Morgan fingerprint density at radius 3 is 2.80 bits per heavy atom. The van der Waals surface area contributed by atoms with Crippen molar-refractivity contribution in [1.82, 2.24) is 4.57 Å². The Bertz CT molecular complexity index is 628. The fourth-order valence-electron chi connectivity index (χ4n) is 1.71. The van der Waals surface area contributed by atoms with Crippen molar-refractivity contribution in [2.75, 3.05) is 5.32 Å². The van der Waals surface area contributed by atoms with Gasteiger partial charge < -0.3 is 9.88 Å². The molecule has 0 radical (unpaired) electrons. The molecule has 0 saturated carbocycles. The van der Waals surface area contributed by atoms with Gasteiger partial charge in [-0.05, 0) is 46.3 Å². The summed E-state index contributed by atoms with van der Waals surface area (Å²) in [5, 5.41) is 2.48. The third kappa shape index (κ3) is 3.41. The van der Waals surface area contributed by atoms with E-state index in [-0.39, 0.29) is 11.4 Å². The number of alkyl halides is 2. The van der Waals surface area contributed by atoms with E-state index in [0.717, 1.165) is 10.6 Å². The Hall–Kier alpha value is -1.76. The highest BCUT2D eigenvalue weighted by Gasteiger charge is 2.15. The summed E-state index contributed by atoms with van der Waals surface area (Å²) in [6.45, 7) is -0.569. The van der Waals surface area contributed by atoms with Crippen molar-refractivity contribution in [3.8, 4) is 0 Å². The molecule has 1 amide bonds. The van der Waals surface area contributed by atoms with Gasteiger partial charge in [0, 0.05) is 10.7 Å². The lowest BCUT2D eigenvalue weighted by Gasteiger charge is -2.10. The lowest BCUT2D eigenvalue weighted by Crippen LogP contribution is -2.19. The summed E-state index contributed by atoms with van der Waals surface area (Å²) < 4.78 is 39.5. The highest BCUT2D eigenvalue weighted by molar-refractivity contribution is 9.10. The normalized spacial score (nSPS) is 10.8. The van der Waals surface area contributed by atoms with Crippen LogP contribution in [0.2, 0.25) is 0 Å². The second kappa shape index (κ2) is 6.13. The minimum Gasteiger partial charge on any atom is -0.338 e. The number of aromatic nitrogens is 1. The fraction of sp³-hybridized carbons (Fsp3) is 0.154. The van der Waals surface area contributed by atoms with Gasteiger partial charge in [-0.25, -0.2) is 13.2 Å². The first-order chi connectivity index (χ1) is 9.47. The molecule has 0 aliphatic rings. The van der Waals surface area contributed by atoms with E-state index in [9.17, 15) is 18.0 Å². The maximum atomic E-state index is 13.1.